The molecule has 2 aliphatic heterocycles. The first-order valence-corrected chi connectivity index (χ1v) is 9.10. The number of benzene rings is 1. The molecule has 2 heterocycles. The average Bonchev–Trinajstić information content (AvgIpc) is 2.90. The Morgan fingerprint density at radius 2 is 2.14 bits per heavy atom. The molecular weight excluding hydrogens is 280 g/mol. The second-order valence-corrected chi connectivity index (χ2v) is 7.72. The fourth-order valence-corrected chi connectivity index (χ4v) is 4.23. The molecule has 1 atom stereocenters. The lowest BCUT2D eigenvalue weighted by molar-refractivity contribution is 0.125. The van der Waals surface area contributed by atoms with E-state index in [-0.39, 0.29) is 0 Å². The Kier molecular flexibility index (Phi) is 4.48. The van der Waals surface area contributed by atoms with Crippen LogP contribution in [-0.4, -0.2) is 48.2 Å². The van der Waals surface area contributed by atoms with Crippen molar-refractivity contribution in [2.24, 2.45) is 5.73 Å². The minimum absolute atomic E-state index is 0.313. The Morgan fingerprint density at radius 3 is 2.81 bits per heavy atom. The Bertz CT molecular complexity index is 492. The van der Waals surface area contributed by atoms with E-state index in [4.69, 9.17) is 10.5 Å². The molecule has 4 heteroatoms. The number of thioether (sulfide) groups is 1. The minimum atomic E-state index is 0.313. The number of nitrogens with zero attached hydrogens (tertiary/aromatic N) is 1. The summed E-state index contributed by atoms with van der Waals surface area (Å²) in [6, 6.07) is 6.52. The first-order chi connectivity index (χ1) is 10.1. The van der Waals surface area contributed by atoms with Gasteiger partial charge in [-0.2, -0.15) is 11.8 Å². The first-order valence-electron chi connectivity index (χ1n) is 7.88. The standard InChI is InChI=1S/C17H26N2OS/c1-13-3-4-16-14(9-13)10-15(20-16)11-19-7-5-17(12-18,21-2)6-8-19/h3-4,9,15H,5-8,10-12,18H2,1-2H3. The van der Waals surface area contributed by atoms with Gasteiger partial charge in [0, 0.05) is 24.3 Å². The molecule has 3 nitrogen and oxygen atoms in total. The Hall–Kier alpha value is -0.710. The predicted octanol–water partition coefficient (Wildman–Crippen LogP) is 2.45. The Balaban J connectivity index is 1.54. The third-order valence-electron chi connectivity index (χ3n) is 4.99. The van der Waals surface area contributed by atoms with E-state index in [1.165, 1.54) is 24.0 Å². The minimum Gasteiger partial charge on any atom is -0.488 e. The number of rotatable bonds is 4. The smallest absolute Gasteiger partial charge is 0.123 e. The second kappa shape index (κ2) is 6.19. The summed E-state index contributed by atoms with van der Waals surface area (Å²) in [5, 5.41) is 0. The van der Waals surface area contributed by atoms with Gasteiger partial charge in [-0.1, -0.05) is 17.7 Å². The van der Waals surface area contributed by atoms with Gasteiger partial charge in [0.2, 0.25) is 0 Å². The molecule has 0 amide bonds. The van der Waals surface area contributed by atoms with E-state index in [1.54, 1.807) is 0 Å². The van der Waals surface area contributed by atoms with Crippen LogP contribution in [0.1, 0.15) is 24.0 Å². The van der Waals surface area contributed by atoms with Crippen molar-refractivity contribution >= 4 is 11.8 Å². The van der Waals surface area contributed by atoms with Gasteiger partial charge in [-0.05, 0) is 50.7 Å². The molecule has 0 radical (unpaired) electrons. The molecule has 1 saturated heterocycles. The summed E-state index contributed by atoms with van der Waals surface area (Å²) in [6.07, 6.45) is 5.97. The molecule has 2 aliphatic rings. The SMILES string of the molecule is CSC1(CN)CCN(CC2Cc3cc(C)ccc3O2)CC1. The van der Waals surface area contributed by atoms with Crippen molar-refractivity contribution < 1.29 is 4.74 Å². The highest BCUT2D eigenvalue weighted by Gasteiger charge is 2.34. The number of likely N-dealkylation sites (tertiary alicyclic amines) is 1. The molecule has 1 unspecified atom stereocenters. The van der Waals surface area contributed by atoms with Crippen LogP contribution in [0.2, 0.25) is 0 Å². The van der Waals surface area contributed by atoms with Gasteiger partial charge in [0.05, 0.1) is 0 Å². The Labute approximate surface area is 132 Å². The van der Waals surface area contributed by atoms with Gasteiger partial charge in [0.15, 0.2) is 0 Å². The van der Waals surface area contributed by atoms with Crippen molar-refractivity contribution in [3.05, 3.63) is 29.3 Å². The zero-order valence-corrected chi connectivity index (χ0v) is 13.9. The lowest BCUT2D eigenvalue weighted by Crippen LogP contribution is -2.48. The highest BCUT2D eigenvalue weighted by atomic mass is 32.2. The quantitative estimate of drug-likeness (QED) is 0.927. The van der Waals surface area contributed by atoms with E-state index in [0.717, 1.165) is 38.3 Å². The molecule has 3 rings (SSSR count). The van der Waals surface area contributed by atoms with E-state index in [0.29, 0.717) is 10.9 Å². The molecule has 0 aromatic heterocycles. The molecule has 2 N–H and O–H groups in total. The molecular formula is C17H26N2OS. The molecule has 116 valence electrons. The number of aryl methyl sites for hydroxylation is 1. The predicted molar refractivity (Wildman–Crippen MR) is 90.3 cm³/mol. The maximum absolute atomic E-state index is 6.10. The van der Waals surface area contributed by atoms with Crippen molar-refractivity contribution in [1.82, 2.24) is 4.90 Å². The van der Waals surface area contributed by atoms with Crippen LogP contribution in [0.25, 0.3) is 0 Å². The van der Waals surface area contributed by atoms with Crippen LogP contribution >= 0.6 is 11.8 Å². The molecule has 0 spiro atoms. The van der Waals surface area contributed by atoms with Gasteiger partial charge in [0.25, 0.3) is 0 Å². The molecule has 1 aromatic carbocycles. The molecule has 0 bridgehead atoms. The Morgan fingerprint density at radius 1 is 1.38 bits per heavy atom. The normalized spacial score (nSPS) is 24.6. The van der Waals surface area contributed by atoms with Crippen molar-refractivity contribution in [1.29, 1.82) is 0 Å². The molecule has 21 heavy (non-hydrogen) atoms. The van der Waals surface area contributed by atoms with Gasteiger partial charge in [-0.15, -0.1) is 0 Å². The average molecular weight is 306 g/mol. The summed E-state index contributed by atoms with van der Waals surface area (Å²) in [6.45, 7) is 6.28. The van der Waals surface area contributed by atoms with E-state index in [9.17, 15) is 0 Å². The summed E-state index contributed by atoms with van der Waals surface area (Å²) in [5.41, 5.74) is 8.66. The van der Waals surface area contributed by atoms with E-state index in [1.807, 2.05) is 11.8 Å². The number of nitrogens with two attached hydrogens (primary N) is 1. The number of hydrogen-bond donors (Lipinski definition) is 1. The van der Waals surface area contributed by atoms with Crippen molar-refractivity contribution in [2.45, 2.75) is 37.0 Å². The van der Waals surface area contributed by atoms with Crippen molar-refractivity contribution in [3.63, 3.8) is 0 Å². The van der Waals surface area contributed by atoms with Crippen LogP contribution in [0.15, 0.2) is 18.2 Å². The van der Waals surface area contributed by atoms with Crippen LogP contribution in [-0.2, 0) is 6.42 Å². The van der Waals surface area contributed by atoms with Crippen molar-refractivity contribution in [2.75, 3.05) is 32.4 Å². The summed E-state index contributed by atoms with van der Waals surface area (Å²) < 4.78 is 6.41. The summed E-state index contributed by atoms with van der Waals surface area (Å²) in [5.74, 6) is 1.09. The fraction of sp³-hybridized carbons (Fsp3) is 0.647. The highest BCUT2D eigenvalue weighted by Crippen LogP contribution is 2.34. The lowest BCUT2D eigenvalue weighted by atomic mass is 9.95. The summed E-state index contributed by atoms with van der Waals surface area (Å²) in [7, 11) is 0. The third kappa shape index (κ3) is 3.22. The van der Waals surface area contributed by atoms with E-state index < -0.39 is 0 Å². The van der Waals surface area contributed by atoms with Crippen LogP contribution in [0, 0.1) is 6.92 Å². The van der Waals surface area contributed by atoms with Crippen LogP contribution in [0.4, 0.5) is 0 Å². The maximum atomic E-state index is 6.10. The van der Waals surface area contributed by atoms with Crippen LogP contribution < -0.4 is 10.5 Å². The van der Waals surface area contributed by atoms with Crippen LogP contribution in [0.3, 0.4) is 0 Å². The lowest BCUT2D eigenvalue weighted by Gasteiger charge is -2.40. The van der Waals surface area contributed by atoms with Gasteiger partial charge >= 0.3 is 0 Å². The number of hydrogen-bond acceptors (Lipinski definition) is 4. The molecule has 0 aliphatic carbocycles. The maximum Gasteiger partial charge on any atom is 0.123 e. The zero-order valence-electron chi connectivity index (χ0n) is 13.1. The van der Waals surface area contributed by atoms with Gasteiger partial charge in [0.1, 0.15) is 11.9 Å². The molecule has 0 saturated carbocycles. The second-order valence-electron chi connectivity index (χ2n) is 6.45. The van der Waals surface area contributed by atoms with Gasteiger partial charge in [-0.3, -0.25) is 4.90 Å². The van der Waals surface area contributed by atoms with Crippen molar-refractivity contribution in [3.8, 4) is 5.75 Å². The fourth-order valence-electron chi connectivity index (χ4n) is 3.47. The number of ether oxygens (including phenoxy) is 1. The van der Waals surface area contributed by atoms with E-state index in [2.05, 4.69) is 36.3 Å². The molecule has 1 fully saturated rings. The van der Waals surface area contributed by atoms with Crippen LogP contribution in [0.5, 0.6) is 5.75 Å². The highest BCUT2D eigenvalue weighted by molar-refractivity contribution is 8.00. The molecule has 1 aromatic rings. The number of piperidine rings is 1. The largest absolute Gasteiger partial charge is 0.488 e. The third-order valence-corrected chi connectivity index (χ3v) is 6.43. The summed E-state index contributed by atoms with van der Waals surface area (Å²) >= 11 is 1.95. The van der Waals surface area contributed by atoms with E-state index >= 15 is 0 Å². The van der Waals surface area contributed by atoms with Gasteiger partial charge < -0.3 is 10.5 Å². The number of fused-ring (bicyclic) bond motifs is 1. The van der Waals surface area contributed by atoms with Gasteiger partial charge in [-0.25, -0.2) is 0 Å². The summed E-state index contributed by atoms with van der Waals surface area (Å²) in [4.78, 5) is 2.55. The monoisotopic (exact) mass is 306 g/mol. The topological polar surface area (TPSA) is 38.5 Å². The first kappa shape index (κ1) is 15.2. The zero-order chi connectivity index (χ0) is 14.9.